The van der Waals surface area contributed by atoms with Crippen LogP contribution in [0.4, 0.5) is 10.6 Å². The summed E-state index contributed by atoms with van der Waals surface area (Å²) < 4.78 is 1.92. The Morgan fingerprint density at radius 1 is 1.25 bits per heavy atom. The third-order valence-electron chi connectivity index (χ3n) is 3.86. The lowest BCUT2D eigenvalue weighted by atomic mass is 10.3. The number of amides is 2. The molecule has 3 rings (SSSR count). The Bertz CT molecular complexity index is 685. The second-order valence-electron chi connectivity index (χ2n) is 5.47. The summed E-state index contributed by atoms with van der Waals surface area (Å²) in [5.74, 6) is 0.709. The van der Waals surface area contributed by atoms with Gasteiger partial charge in [-0.1, -0.05) is 23.2 Å². The van der Waals surface area contributed by atoms with Gasteiger partial charge in [0.25, 0.3) is 0 Å². The summed E-state index contributed by atoms with van der Waals surface area (Å²) in [6.07, 6.45) is 6.90. The maximum atomic E-state index is 12.2. The number of urea groups is 1. The second kappa shape index (κ2) is 7.72. The highest BCUT2D eigenvalue weighted by molar-refractivity contribution is 6.36. The Balaban J connectivity index is 1.46. The summed E-state index contributed by atoms with van der Waals surface area (Å²) in [5.41, 5.74) is 0. The van der Waals surface area contributed by atoms with Gasteiger partial charge in [0.05, 0.1) is 16.4 Å². The fourth-order valence-electron chi connectivity index (χ4n) is 2.58. The zero-order valence-corrected chi connectivity index (χ0v) is 14.5. The molecule has 0 radical (unpaired) electrons. The molecule has 0 aromatic carbocycles. The first-order valence-electron chi connectivity index (χ1n) is 7.68. The van der Waals surface area contributed by atoms with Crippen LogP contribution in [0, 0.1) is 0 Å². The number of carbonyl (C=O) groups is 1. The lowest BCUT2D eigenvalue weighted by molar-refractivity contribution is 0.194. The van der Waals surface area contributed by atoms with E-state index in [0.29, 0.717) is 55.1 Å². The highest BCUT2D eigenvalue weighted by atomic mass is 35.5. The van der Waals surface area contributed by atoms with E-state index in [2.05, 4.69) is 20.2 Å². The molecule has 2 aromatic rings. The predicted octanol–water partition coefficient (Wildman–Crippen LogP) is 2.12. The maximum absolute atomic E-state index is 12.2. The van der Waals surface area contributed by atoms with Crippen LogP contribution in [0.2, 0.25) is 10.0 Å². The summed E-state index contributed by atoms with van der Waals surface area (Å²) in [6.45, 7) is 3.89. The number of rotatable bonds is 4. The minimum Gasteiger partial charge on any atom is -0.352 e. The molecule has 2 amide bonds. The van der Waals surface area contributed by atoms with Crippen molar-refractivity contribution in [3.8, 4) is 0 Å². The van der Waals surface area contributed by atoms with E-state index in [-0.39, 0.29) is 6.03 Å². The summed E-state index contributed by atoms with van der Waals surface area (Å²) in [5, 5.41) is 3.97. The van der Waals surface area contributed by atoms with Gasteiger partial charge in [0.2, 0.25) is 0 Å². The first-order valence-corrected chi connectivity index (χ1v) is 8.43. The zero-order chi connectivity index (χ0) is 16.9. The fraction of sp³-hybridized carbons (Fsp3) is 0.400. The van der Waals surface area contributed by atoms with E-state index in [1.165, 1.54) is 0 Å². The van der Waals surface area contributed by atoms with Crippen molar-refractivity contribution >= 4 is 35.1 Å². The summed E-state index contributed by atoms with van der Waals surface area (Å²) in [4.78, 5) is 24.3. The molecule has 1 aliphatic rings. The van der Waals surface area contributed by atoms with Gasteiger partial charge in [0.15, 0.2) is 0 Å². The van der Waals surface area contributed by atoms with E-state index in [1.54, 1.807) is 29.7 Å². The molecule has 7 nitrogen and oxygen atoms in total. The van der Waals surface area contributed by atoms with Crippen LogP contribution in [0.1, 0.15) is 0 Å². The highest BCUT2D eigenvalue weighted by Crippen LogP contribution is 2.26. The van der Waals surface area contributed by atoms with E-state index < -0.39 is 0 Å². The van der Waals surface area contributed by atoms with E-state index in [1.807, 2.05) is 10.8 Å². The molecule has 1 fully saturated rings. The molecule has 1 aliphatic heterocycles. The van der Waals surface area contributed by atoms with E-state index in [4.69, 9.17) is 23.2 Å². The van der Waals surface area contributed by atoms with Crippen molar-refractivity contribution in [1.82, 2.24) is 24.8 Å². The number of pyridine rings is 1. The van der Waals surface area contributed by atoms with Gasteiger partial charge in [-0.2, -0.15) is 0 Å². The Morgan fingerprint density at radius 3 is 2.71 bits per heavy atom. The second-order valence-corrected chi connectivity index (χ2v) is 6.31. The van der Waals surface area contributed by atoms with Crippen molar-refractivity contribution in [2.75, 3.05) is 37.6 Å². The van der Waals surface area contributed by atoms with Gasteiger partial charge in [0, 0.05) is 57.9 Å². The van der Waals surface area contributed by atoms with Crippen molar-refractivity contribution in [2.45, 2.75) is 6.54 Å². The molecule has 9 heteroatoms. The highest BCUT2D eigenvalue weighted by Gasteiger charge is 2.23. The number of piperazine rings is 1. The lowest BCUT2D eigenvalue weighted by Gasteiger charge is -2.35. The average Bonchev–Trinajstić information content (AvgIpc) is 3.08. The number of anilines is 1. The Morgan fingerprint density at radius 2 is 2.04 bits per heavy atom. The number of hydrogen-bond acceptors (Lipinski definition) is 4. The Kier molecular flexibility index (Phi) is 5.42. The lowest BCUT2D eigenvalue weighted by Crippen LogP contribution is -2.52. The fourth-order valence-corrected chi connectivity index (χ4v) is 3.08. The van der Waals surface area contributed by atoms with Crippen LogP contribution in [0.15, 0.2) is 31.0 Å². The van der Waals surface area contributed by atoms with Gasteiger partial charge in [-0.05, 0) is 6.07 Å². The molecular formula is C15H18Cl2N6O. The Labute approximate surface area is 150 Å². The van der Waals surface area contributed by atoms with E-state index >= 15 is 0 Å². The molecule has 0 bridgehead atoms. The summed E-state index contributed by atoms with van der Waals surface area (Å²) in [7, 11) is 0. The topological polar surface area (TPSA) is 66.3 Å². The minimum absolute atomic E-state index is 0.0510. The molecule has 1 saturated heterocycles. The summed E-state index contributed by atoms with van der Waals surface area (Å²) >= 11 is 12.1. The molecule has 3 heterocycles. The van der Waals surface area contributed by atoms with Crippen LogP contribution in [0.3, 0.4) is 0 Å². The van der Waals surface area contributed by atoms with Crippen molar-refractivity contribution in [2.24, 2.45) is 0 Å². The van der Waals surface area contributed by atoms with Gasteiger partial charge >= 0.3 is 6.03 Å². The molecule has 0 aliphatic carbocycles. The van der Waals surface area contributed by atoms with Gasteiger partial charge in [0.1, 0.15) is 5.82 Å². The molecule has 128 valence electrons. The summed E-state index contributed by atoms with van der Waals surface area (Å²) in [6, 6.07) is 1.63. The third kappa shape index (κ3) is 4.10. The Hall–Kier alpha value is -1.99. The van der Waals surface area contributed by atoms with Crippen molar-refractivity contribution < 1.29 is 4.79 Å². The third-order valence-corrected chi connectivity index (χ3v) is 4.35. The largest absolute Gasteiger partial charge is 0.352 e. The SMILES string of the molecule is O=C(NCCn1ccnc1)N1CCN(c2ncc(Cl)cc2Cl)CC1. The first kappa shape index (κ1) is 16.9. The van der Waals surface area contributed by atoms with Crippen molar-refractivity contribution in [3.05, 3.63) is 41.0 Å². The maximum Gasteiger partial charge on any atom is 0.317 e. The quantitative estimate of drug-likeness (QED) is 0.897. The molecule has 0 unspecified atom stereocenters. The zero-order valence-electron chi connectivity index (χ0n) is 13.0. The number of halogens is 2. The van der Waals surface area contributed by atoms with Crippen LogP contribution in [-0.4, -0.2) is 58.2 Å². The standard InChI is InChI=1S/C15H18Cl2N6O/c16-12-9-13(17)14(20-10-12)22-5-7-23(8-6-22)15(24)19-2-4-21-3-1-18-11-21/h1,3,9-11H,2,4-8H2,(H,19,24). The smallest absolute Gasteiger partial charge is 0.317 e. The number of hydrogen-bond donors (Lipinski definition) is 1. The van der Waals surface area contributed by atoms with Gasteiger partial charge < -0.3 is 19.7 Å². The monoisotopic (exact) mass is 368 g/mol. The molecule has 2 aromatic heterocycles. The molecule has 0 atom stereocenters. The molecule has 1 N–H and O–H groups in total. The normalized spacial score (nSPS) is 14.8. The predicted molar refractivity (Wildman–Crippen MR) is 93.7 cm³/mol. The number of imidazole rings is 1. The molecular weight excluding hydrogens is 351 g/mol. The van der Waals surface area contributed by atoms with Crippen LogP contribution in [0.5, 0.6) is 0 Å². The average molecular weight is 369 g/mol. The van der Waals surface area contributed by atoms with Gasteiger partial charge in [-0.25, -0.2) is 14.8 Å². The molecule has 24 heavy (non-hydrogen) atoms. The van der Waals surface area contributed by atoms with Crippen LogP contribution >= 0.6 is 23.2 Å². The first-order chi connectivity index (χ1) is 11.6. The van der Waals surface area contributed by atoms with Gasteiger partial charge in [-0.15, -0.1) is 0 Å². The van der Waals surface area contributed by atoms with Crippen LogP contribution in [-0.2, 0) is 6.54 Å². The van der Waals surface area contributed by atoms with E-state index in [0.717, 1.165) is 0 Å². The number of aromatic nitrogens is 3. The molecule has 0 spiro atoms. The van der Waals surface area contributed by atoms with Crippen LogP contribution < -0.4 is 10.2 Å². The number of carbonyl (C=O) groups excluding carboxylic acids is 1. The number of nitrogens with one attached hydrogen (secondary N) is 1. The van der Waals surface area contributed by atoms with E-state index in [9.17, 15) is 4.79 Å². The molecule has 0 saturated carbocycles. The number of nitrogens with zero attached hydrogens (tertiary/aromatic N) is 5. The van der Waals surface area contributed by atoms with Crippen molar-refractivity contribution in [1.29, 1.82) is 0 Å². The minimum atomic E-state index is -0.0510. The van der Waals surface area contributed by atoms with Gasteiger partial charge in [-0.3, -0.25) is 0 Å². The van der Waals surface area contributed by atoms with Crippen LogP contribution in [0.25, 0.3) is 0 Å². The van der Waals surface area contributed by atoms with Crippen molar-refractivity contribution in [3.63, 3.8) is 0 Å².